The van der Waals surface area contributed by atoms with Gasteiger partial charge in [0.15, 0.2) is 0 Å². The Morgan fingerprint density at radius 1 is 1.82 bits per heavy atom. The van der Waals surface area contributed by atoms with Crippen LogP contribution in [0.5, 0.6) is 0 Å². The van der Waals surface area contributed by atoms with Crippen LogP contribution in [0.2, 0.25) is 0 Å². The van der Waals surface area contributed by atoms with Crippen LogP contribution in [0.15, 0.2) is 22.9 Å². The molecule has 2 N–H and O–H groups in total. The summed E-state index contributed by atoms with van der Waals surface area (Å²) in [6, 6.07) is 0. The zero-order valence-corrected chi connectivity index (χ0v) is 8.44. The van der Waals surface area contributed by atoms with E-state index >= 15 is 0 Å². The lowest BCUT2D eigenvalue weighted by atomic mass is 10.2. The Bertz CT molecular complexity index is 237. The normalized spacial score (nSPS) is 16.2. The molecule has 0 spiro atoms. The second kappa shape index (κ2) is 3.96. The first-order valence-corrected chi connectivity index (χ1v) is 4.40. The summed E-state index contributed by atoms with van der Waals surface area (Å²) >= 11 is 7.44. The van der Waals surface area contributed by atoms with Gasteiger partial charge in [-0.15, -0.1) is 0 Å². The predicted octanol–water partition coefficient (Wildman–Crippen LogP) is 1.06. The molecular weight excluding hydrogens is 278 g/mol. The van der Waals surface area contributed by atoms with Crippen LogP contribution >= 0.6 is 34.5 Å². The van der Waals surface area contributed by atoms with E-state index in [0.717, 1.165) is 0 Å². The van der Waals surface area contributed by atoms with Gasteiger partial charge in [0.1, 0.15) is 0 Å². The van der Waals surface area contributed by atoms with E-state index < -0.39 is 0 Å². The number of nitrogens with one attached hydrogen (secondary N) is 2. The zero-order valence-electron chi connectivity index (χ0n) is 5.53. The van der Waals surface area contributed by atoms with Gasteiger partial charge in [-0.05, 0) is 6.08 Å². The number of hydrogen-bond donors (Lipinski definition) is 2. The van der Waals surface area contributed by atoms with E-state index in [4.69, 9.17) is 11.6 Å². The molecule has 0 atom stereocenters. The van der Waals surface area contributed by atoms with Crippen molar-refractivity contribution < 1.29 is 4.79 Å². The van der Waals surface area contributed by atoms with Crippen LogP contribution in [0, 0.1) is 0 Å². The van der Waals surface area contributed by atoms with Crippen molar-refractivity contribution in [1.29, 1.82) is 0 Å². The molecule has 0 aliphatic carbocycles. The first-order chi connectivity index (χ1) is 5.24. The van der Waals surface area contributed by atoms with Gasteiger partial charge in [0.05, 0.1) is 27.9 Å². The molecule has 1 rings (SSSR count). The monoisotopic (exact) mass is 284 g/mol. The zero-order chi connectivity index (χ0) is 8.27. The molecule has 1 amide bonds. The quantitative estimate of drug-likeness (QED) is 0.558. The minimum atomic E-state index is -0.107. The third-order valence-corrected chi connectivity index (χ3v) is 1.93. The third-order valence-electron chi connectivity index (χ3n) is 1.22. The molecule has 0 aromatic rings. The molecule has 3 nitrogen and oxygen atoms in total. The van der Waals surface area contributed by atoms with Crippen molar-refractivity contribution in [2.45, 2.75) is 0 Å². The molecular formula is C6H6ClIN2O. The number of carbonyl (C=O) groups is 1. The summed E-state index contributed by atoms with van der Waals surface area (Å²) in [4.78, 5) is 11.0. The fourth-order valence-corrected chi connectivity index (χ4v) is 1.28. The molecule has 1 aliphatic rings. The molecule has 0 unspecified atom stereocenters. The highest BCUT2D eigenvalue weighted by Gasteiger charge is 2.10. The van der Waals surface area contributed by atoms with Crippen molar-refractivity contribution >= 4 is 40.4 Å². The van der Waals surface area contributed by atoms with Crippen LogP contribution in [0.3, 0.4) is 0 Å². The van der Waals surface area contributed by atoms with Gasteiger partial charge in [-0.1, -0.05) is 11.6 Å². The van der Waals surface area contributed by atoms with Crippen molar-refractivity contribution in [2.24, 2.45) is 0 Å². The Hall–Kier alpha value is -0.230. The maximum Gasteiger partial charge on any atom is 0.257 e. The van der Waals surface area contributed by atoms with Gasteiger partial charge in [0, 0.05) is 18.3 Å². The summed E-state index contributed by atoms with van der Waals surface area (Å²) in [5.74, 6) is -0.107. The number of allylic oxidation sites excluding steroid dienone is 2. The van der Waals surface area contributed by atoms with E-state index in [2.05, 4.69) is 8.85 Å². The first kappa shape index (κ1) is 8.86. The molecule has 0 aromatic carbocycles. The van der Waals surface area contributed by atoms with Crippen molar-refractivity contribution in [3.05, 3.63) is 22.9 Å². The van der Waals surface area contributed by atoms with E-state index in [1.807, 2.05) is 0 Å². The van der Waals surface area contributed by atoms with E-state index in [9.17, 15) is 4.79 Å². The van der Waals surface area contributed by atoms with E-state index in [1.165, 1.54) is 0 Å². The predicted molar refractivity (Wildman–Crippen MR) is 52.2 cm³/mol. The lowest BCUT2D eigenvalue weighted by Crippen LogP contribution is -2.24. The molecule has 1 heterocycles. The molecule has 60 valence electrons. The molecule has 0 bridgehead atoms. The first-order valence-electron chi connectivity index (χ1n) is 2.94. The number of amides is 1. The van der Waals surface area contributed by atoms with Crippen LogP contribution in [-0.2, 0) is 4.79 Å². The number of hydrogen-bond acceptors (Lipinski definition) is 2. The van der Waals surface area contributed by atoms with Gasteiger partial charge in [-0.25, -0.2) is 0 Å². The van der Waals surface area contributed by atoms with Crippen molar-refractivity contribution in [3.8, 4) is 0 Å². The van der Waals surface area contributed by atoms with E-state index in [-0.39, 0.29) is 5.91 Å². The SMILES string of the molecule is O=C(NI)C1=CC(Cl)=CNC1. The van der Waals surface area contributed by atoms with Crippen LogP contribution in [-0.4, -0.2) is 12.5 Å². The summed E-state index contributed by atoms with van der Waals surface area (Å²) < 4.78 is 2.49. The number of rotatable bonds is 1. The van der Waals surface area contributed by atoms with Crippen molar-refractivity contribution in [1.82, 2.24) is 8.85 Å². The highest BCUT2D eigenvalue weighted by atomic mass is 127. The minimum Gasteiger partial charge on any atom is -0.385 e. The Labute approximate surface area is 83.4 Å². The second-order valence-corrected chi connectivity index (χ2v) is 2.98. The average molecular weight is 284 g/mol. The molecule has 11 heavy (non-hydrogen) atoms. The second-order valence-electron chi connectivity index (χ2n) is 2.00. The molecule has 0 fully saturated rings. The Kier molecular flexibility index (Phi) is 3.19. The van der Waals surface area contributed by atoms with Gasteiger partial charge < -0.3 is 5.32 Å². The smallest absolute Gasteiger partial charge is 0.257 e. The Morgan fingerprint density at radius 2 is 2.55 bits per heavy atom. The standard InChI is InChI=1S/C6H6ClIN2O/c7-5-1-4(2-9-3-5)6(11)10-8/h1,3,9H,2H2,(H,10,11). The van der Waals surface area contributed by atoms with Crippen LogP contribution in [0.4, 0.5) is 0 Å². The summed E-state index contributed by atoms with van der Waals surface area (Å²) in [6.45, 7) is 0.533. The molecule has 0 radical (unpaired) electrons. The maximum atomic E-state index is 11.0. The van der Waals surface area contributed by atoms with E-state index in [1.54, 1.807) is 35.1 Å². The summed E-state index contributed by atoms with van der Waals surface area (Å²) in [5, 5.41) is 3.42. The average Bonchev–Trinajstić information content (AvgIpc) is 2.03. The highest BCUT2D eigenvalue weighted by Crippen LogP contribution is 2.10. The van der Waals surface area contributed by atoms with Crippen LogP contribution in [0.25, 0.3) is 0 Å². The van der Waals surface area contributed by atoms with E-state index in [0.29, 0.717) is 17.2 Å². The Morgan fingerprint density at radius 3 is 3.09 bits per heavy atom. The van der Waals surface area contributed by atoms with Gasteiger partial charge in [-0.3, -0.25) is 8.32 Å². The van der Waals surface area contributed by atoms with Gasteiger partial charge in [-0.2, -0.15) is 0 Å². The van der Waals surface area contributed by atoms with Gasteiger partial charge in [0.25, 0.3) is 5.91 Å². The molecule has 0 aromatic heterocycles. The lowest BCUT2D eigenvalue weighted by molar-refractivity contribution is -0.115. The summed E-state index contributed by atoms with van der Waals surface area (Å²) in [5.41, 5.74) is 0.645. The summed E-state index contributed by atoms with van der Waals surface area (Å²) in [6.07, 6.45) is 3.30. The Balaban J connectivity index is 2.73. The van der Waals surface area contributed by atoms with Gasteiger partial charge in [0.2, 0.25) is 0 Å². The maximum absolute atomic E-state index is 11.0. The van der Waals surface area contributed by atoms with Crippen molar-refractivity contribution in [3.63, 3.8) is 0 Å². The van der Waals surface area contributed by atoms with Gasteiger partial charge >= 0.3 is 0 Å². The number of carbonyl (C=O) groups excluding carboxylic acids is 1. The minimum absolute atomic E-state index is 0.107. The third kappa shape index (κ3) is 2.37. The summed E-state index contributed by atoms with van der Waals surface area (Å²) in [7, 11) is 0. The number of halogens is 2. The van der Waals surface area contributed by atoms with Crippen molar-refractivity contribution in [2.75, 3.05) is 6.54 Å². The van der Waals surface area contributed by atoms with Crippen LogP contribution in [0.1, 0.15) is 0 Å². The molecule has 5 heteroatoms. The van der Waals surface area contributed by atoms with Crippen LogP contribution < -0.4 is 8.85 Å². The highest BCUT2D eigenvalue weighted by molar-refractivity contribution is 14.1. The lowest BCUT2D eigenvalue weighted by Gasteiger charge is -2.09. The molecule has 1 aliphatic heterocycles. The number of dihydropyridines is 1. The fraction of sp³-hybridized carbons (Fsp3) is 0.167. The molecule has 0 saturated heterocycles. The largest absolute Gasteiger partial charge is 0.385 e. The fourth-order valence-electron chi connectivity index (χ4n) is 0.724. The topological polar surface area (TPSA) is 41.1 Å². The molecule has 0 saturated carbocycles.